The van der Waals surface area contributed by atoms with Crippen molar-refractivity contribution in [3.05, 3.63) is 0 Å². The first-order valence-corrected chi connectivity index (χ1v) is 7.84. The highest BCUT2D eigenvalue weighted by Crippen LogP contribution is 2.44. The van der Waals surface area contributed by atoms with Crippen LogP contribution in [0.15, 0.2) is 0 Å². The van der Waals surface area contributed by atoms with E-state index < -0.39 is 21.8 Å². The van der Waals surface area contributed by atoms with E-state index in [9.17, 15) is 9.67 Å². The summed E-state index contributed by atoms with van der Waals surface area (Å²) in [4.78, 5) is 26.8. The zero-order chi connectivity index (χ0) is 12.1. The Morgan fingerprint density at radius 3 is 2.31 bits per heavy atom. The lowest BCUT2D eigenvalue weighted by atomic mass is 9.93. The third-order valence-corrected chi connectivity index (χ3v) is 5.43. The fourth-order valence-electron chi connectivity index (χ4n) is 1.80. The Morgan fingerprint density at radius 1 is 1.31 bits per heavy atom. The molecule has 6 nitrogen and oxygen atoms in total. The molecule has 1 saturated carbocycles. The summed E-state index contributed by atoms with van der Waals surface area (Å²) < 4.78 is 10.8. The molecule has 1 aliphatic rings. The van der Waals surface area contributed by atoms with Crippen LogP contribution in [0.4, 0.5) is 0 Å². The van der Waals surface area contributed by atoms with Gasteiger partial charge in [0.2, 0.25) is 8.38 Å². The summed E-state index contributed by atoms with van der Waals surface area (Å²) in [5.41, 5.74) is 0. The summed E-state index contributed by atoms with van der Waals surface area (Å²) in [5.74, 6) is 0. The molecule has 2 atom stereocenters. The van der Waals surface area contributed by atoms with E-state index in [1.54, 1.807) is 0 Å². The lowest BCUT2D eigenvalue weighted by Crippen LogP contribution is -2.37. The molecule has 0 amide bonds. The second-order valence-corrected chi connectivity index (χ2v) is 6.92. The average molecular weight is 270 g/mol. The lowest BCUT2D eigenvalue weighted by molar-refractivity contribution is 0.117. The highest BCUT2D eigenvalue weighted by molar-refractivity contribution is 7.61. The average Bonchev–Trinajstić information content (AvgIpc) is 2.20. The number of nitrogens with one attached hydrogen (secondary N) is 1. The molecule has 0 aromatic rings. The highest BCUT2D eigenvalue weighted by Gasteiger charge is 2.37. The summed E-state index contributed by atoms with van der Waals surface area (Å²) in [7, 11) is -4.96. The van der Waals surface area contributed by atoms with Gasteiger partial charge in [-0.15, -0.1) is 0 Å². The second-order valence-electron chi connectivity index (χ2n) is 4.02. The molecule has 2 unspecified atom stereocenters. The van der Waals surface area contributed by atoms with E-state index in [1.807, 2.05) is 0 Å². The predicted molar refractivity (Wildman–Crippen MR) is 61.2 cm³/mol. The zero-order valence-electron chi connectivity index (χ0n) is 8.86. The molecule has 5 N–H and O–H groups in total. The van der Waals surface area contributed by atoms with Crippen molar-refractivity contribution in [2.24, 2.45) is 0 Å². The van der Waals surface area contributed by atoms with Crippen molar-refractivity contribution < 1.29 is 24.4 Å². The maximum absolute atomic E-state index is 10.8. The van der Waals surface area contributed by atoms with E-state index in [0.717, 1.165) is 25.7 Å². The van der Waals surface area contributed by atoms with Crippen molar-refractivity contribution in [1.82, 2.24) is 5.32 Å². The molecule has 0 aromatic heterocycles. The molecule has 0 bridgehead atoms. The van der Waals surface area contributed by atoms with Crippen LogP contribution in [0.1, 0.15) is 25.7 Å². The normalized spacial score (nSPS) is 29.2. The number of rotatable bonds is 5. The molecule has 0 spiro atoms. The van der Waals surface area contributed by atoms with Crippen molar-refractivity contribution in [3.63, 3.8) is 0 Å². The quantitative estimate of drug-likeness (QED) is 0.458. The standard InChI is InChI=1S/C8H17NO5P2/c10-7-3-1-6(2-4-7)9-5-8(15(11)12)16(13)14/h6-12H,1-5H2/p+1. The van der Waals surface area contributed by atoms with E-state index >= 15 is 0 Å². The van der Waals surface area contributed by atoms with E-state index in [4.69, 9.17) is 14.7 Å². The van der Waals surface area contributed by atoms with Gasteiger partial charge in [0.15, 0.2) is 0 Å². The fraction of sp³-hybridized carbons (Fsp3) is 1.00. The molecule has 16 heavy (non-hydrogen) atoms. The van der Waals surface area contributed by atoms with Crippen LogP contribution in [-0.2, 0) is 4.57 Å². The Labute approximate surface area is 96.5 Å². The van der Waals surface area contributed by atoms with Gasteiger partial charge < -0.3 is 20.2 Å². The van der Waals surface area contributed by atoms with Crippen molar-refractivity contribution in [1.29, 1.82) is 0 Å². The Hall–Kier alpha value is 0.330. The predicted octanol–water partition coefficient (Wildman–Crippen LogP) is 0.237. The molecule has 94 valence electrons. The Balaban J connectivity index is 2.29. The largest absolute Gasteiger partial charge is 0.519 e. The molecule has 8 heteroatoms. The van der Waals surface area contributed by atoms with Crippen LogP contribution in [-0.4, -0.2) is 43.9 Å². The van der Waals surface area contributed by atoms with Crippen molar-refractivity contribution in [3.8, 4) is 0 Å². The Kier molecular flexibility index (Phi) is 6.22. The number of hydrogen-bond acceptors (Lipinski definition) is 5. The third kappa shape index (κ3) is 4.68. The van der Waals surface area contributed by atoms with Gasteiger partial charge in [0.25, 0.3) is 5.40 Å². The van der Waals surface area contributed by atoms with Gasteiger partial charge in [-0.05, 0) is 30.2 Å². The van der Waals surface area contributed by atoms with Gasteiger partial charge in [0.1, 0.15) is 0 Å². The van der Waals surface area contributed by atoms with Gasteiger partial charge in [-0.2, -0.15) is 4.89 Å². The van der Waals surface area contributed by atoms with Crippen LogP contribution in [0.5, 0.6) is 0 Å². The molecule has 0 heterocycles. The second kappa shape index (κ2) is 6.92. The third-order valence-electron chi connectivity index (χ3n) is 2.81. The molecule has 1 rings (SSSR count). The van der Waals surface area contributed by atoms with Gasteiger partial charge in [-0.3, -0.25) is 0 Å². The van der Waals surface area contributed by atoms with E-state index in [-0.39, 0.29) is 18.7 Å². The molecule has 0 aliphatic heterocycles. The number of hydrogen-bond donors (Lipinski definition) is 5. The maximum Gasteiger partial charge on any atom is 0.519 e. The van der Waals surface area contributed by atoms with Gasteiger partial charge in [0.05, 0.1) is 12.6 Å². The first-order valence-electron chi connectivity index (χ1n) is 5.24. The summed E-state index contributed by atoms with van der Waals surface area (Å²) in [6.07, 6.45) is 2.83. The number of aliphatic hydroxyl groups excluding tert-OH is 1. The minimum absolute atomic E-state index is 0.130. The van der Waals surface area contributed by atoms with E-state index in [0.29, 0.717) is 0 Å². The first-order chi connectivity index (χ1) is 7.50. The summed E-state index contributed by atoms with van der Waals surface area (Å²) in [5, 5.41) is 11.3. The van der Waals surface area contributed by atoms with Crippen LogP contribution in [0, 0.1) is 0 Å². The number of aliphatic hydroxyl groups is 1. The van der Waals surface area contributed by atoms with Crippen LogP contribution in [0.3, 0.4) is 0 Å². The van der Waals surface area contributed by atoms with Gasteiger partial charge in [-0.25, -0.2) is 0 Å². The smallest absolute Gasteiger partial charge is 0.393 e. The van der Waals surface area contributed by atoms with Gasteiger partial charge >= 0.3 is 8.03 Å². The minimum Gasteiger partial charge on any atom is -0.393 e. The Morgan fingerprint density at radius 2 is 1.88 bits per heavy atom. The molecule has 1 aliphatic carbocycles. The Bertz CT molecular complexity index is 232. The van der Waals surface area contributed by atoms with Crippen molar-refractivity contribution >= 4 is 16.4 Å². The van der Waals surface area contributed by atoms with Crippen LogP contribution in [0.25, 0.3) is 0 Å². The summed E-state index contributed by atoms with van der Waals surface area (Å²) >= 11 is 0. The molecular formula is C8H18NO5P2+. The summed E-state index contributed by atoms with van der Waals surface area (Å²) in [6, 6.07) is 0.191. The topological polar surface area (TPSA) is 110 Å². The highest BCUT2D eigenvalue weighted by atomic mass is 31.2. The van der Waals surface area contributed by atoms with Crippen LogP contribution < -0.4 is 5.32 Å². The van der Waals surface area contributed by atoms with Gasteiger partial charge in [-0.1, -0.05) is 0 Å². The minimum atomic E-state index is -2.57. The van der Waals surface area contributed by atoms with Crippen LogP contribution in [0.2, 0.25) is 0 Å². The molecule has 0 radical (unpaired) electrons. The van der Waals surface area contributed by atoms with Crippen LogP contribution >= 0.6 is 16.4 Å². The first kappa shape index (κ1) is 14.4. The van der Waals surface area contributed by atoms with E-state index in [2.05, 4.69) is 5.32 Å². The lowest BCUT2D eigenvalue weighted by Gasteiger charge is -2.26. The van der Waals surface area contributed by atoms with Crippen molar-refractivity contribution in [2.75, 3.05) is 6.54 Å². The SMILES string of the molecule is O=[P+](O)C(CNC1CCC(O)CC1)P(O)O. The molecular weight excluding hydrogens is 252 g/mol. The molecule has 1 fully saturated rings. The van der Waals surface area contributed by atoms with E-state index in [1.165, 1.54) is 0 Å². The van der Waals surface area contributed by atoms with Gasteiger partial charge in [0, 0.05) is 6.04 Å². The van der Waals surface area contributed by atoms with Crippen molar-refractivity contribution in [2.45, 2.75) is 43.2 Å². The fourth-order valence-corrected chi connectivity index (χ4v) is 3.04. The maximum atomic E-state index is 10.8. The molecule has 0 aromatic carbocycles. The molecule has 0 saturated heterocycles. The monoisotopic (exact) mass is 270 g/mol. The zero-order valence-corrected chi connectivity index (χ0v) is 10.6. The summed E-state index contributed by atoms with van der Waals surface area (Å²) in [6.45, 7) is 0.130.